The Morgan fingerprint density at radius 3 is 2.61 bits per heavy atom. The summed E-state index contributed by atoms with van der Waals surface area (Å²) in [5.41, 5.74) is 1.10. The third-order valence-electron chi connectivity index (χ3n) is 3.96. The maximum absolute atomic E-state index is 11.9. The Bertz CT molecular complexity index is 661. The van der Waals surface area contributed by atoms with E-state index in [9.17, 15) is 13.2 Å². The molecule has 5 nitrogen and oxygen atoms in total. The fourth-order valence-electron chi connectivity index (χ4n) is 2.69. The standard InChI is InChI=1S/C17H25NO4S/c1-17(2,3)14-6-4-5-7-15(14)22-10-9-18-16(19)13-8-11-23(20,21)12-13/h4-7,13H,8-12H2,1-3H3,(H,18,19). The lowest BCUT2D eigenvalue weighted by Gasteiger charge is -2.22. The molecular weight excluding hydrogens is 314 g/mol. The second kappa shape index (κ2) is 6.91. The second-order valence-corrected chi connectivity index (χ2v) is 9.21. The minimum Gasteiger partial charge on any atom is -0.491 e. The Labute approximate surface area is 138 Å². The van der Waals surface area contributed by atoms with Crippen LogP contribution >= 0.6 is 0 Å². The Morgan fingerprint density at radius 2 is 2.00 bits per heavy atom. The number of carbonyl (C=O) groups is 1. The highest BCUT2D eigenvalue weighted by atomic mass is 32.2. The molecule has 128 valence electrons. The normalized spacial score (nSPS) is 20.2. The van der Waals surface area contributed by atoms with Crippen LogP contribution in [0.4, 0.5) is 0 Å². The number of ether oxygens (including phenoxy) is 1. The van der Waals surface area contributed by atoms with E-state index < -0.39 is 15.8 Å². The van der Waals surface area contributed by atoms with Crippen molar-refractivity contribution in [2.24, 2.45) is 5.92 Å². The Balaban J connectivity index is 1.81. The van der Waals surface area contributed by atoms with Crippen molar-refractivity contribution in [3.8, 4) is 5.75 Å². The van der Waals surface area contributed by atoms with Gasteiger partial charge in [-0.3, -0.25) is 4.79 Å². The summed E-state index contributed by atoms with van der Waals surface area (Å²) >= 11 is 0. The molecule has 0 radical (unpaired) electrons. The molecule has 2 rings (SSSR count). The third kappa shape index (κ3) is 4.96. The van der Waals surface area contributed by atoms with Gasteiger partial charge in [0.15, 0.2) is 9.84 Å². The minimum absolute atomic E-state index is 0.0158. The highest BCUT2D eigenvalue weighted by Crippen LogP contribution is 2.30. The van der Waals surface area contributed by atoms with E-state index in [1.807, 2.05) is 24.3 Å². The van der Waals surface area contributed by atoms with Crippen molar-refractivity contribution in [1.82, 2.24) is 5.32 Å². The SMILES string of the molecule is CC(C)(C)c1ccccc1OCCNC(=O)C1CCS(=O)(=O)C1. The maximum Gasteiger partial charge on any atom is 0.224 e. The van der Waals surface area contributed by atoms with E-state index in [1.54, 1.807) is 0 Å². The van der Waals surface area contributed by atoms with Gasteiger partial charge in [0.05, 0.1) is 24.0 Å². The van der Waals surface area contributed by atoms with Crippen LogP contribution in [0.3, 0.4) is 0 Å². The van der Waals surface area contributed by atoms with Gasteiger partial charge >= 0.3 is 0 Å². The average molecular weight is 339 g/mol. The first-order valence-electron chi connectivity index (χ1n) is 7.89. The Morgan fingerprint density at radius 1 is 1.30 bits per heavy atom. The van der Waals surface area contributed by atoms with E-state index in [0.29, 0.717) is 19.6 Å². The van der Waals surface area contributed by atoms with E-state index in [-0.39, 0.29) is 22.8 Å². The number of hydrogen-bond donors (Lipinski definition) is 1. The van der Waals surface area contributed by atoms with Gasteiger partial charge in [-0.1, -0.05) is 39.0 Å². The number of hydrogen-bond acceptors (Lipinski definition) is 4. The van der Waals surface area contributed by atoms with Crippen LogP contribution in [-0.4, -0.2) is 39.0 Å². The van der Waals surface area contributed by atoms with Crippen LogP contribution in [0.1, 0.15) is 32.8 Å². The van der Waals surface area contributed by atoms with Crippen molar-refractivity contribution in [3.63, 3.8) is 0 Å². The highest BCUT2D eigenvalue weighted by Gasteiger charge is 2.32. The van der Waals surface area contributed by atoms with Gasteiger partial charge < -0.3 is 10.1 Å². The molecule has 1 N–H and O–H groups in total. The minimum atomic E-state index is -3.03. The van der Waals surface area contributed by atoms with Gasteiger partial charge in [-0.15, -0.1) is 0 Å². The molecule has 0 saturated carbocycles. The quantitative estimate of drug-likeness (QED) is 0.832. The van der Waals surface area contributed by atoms with Crippen LogP contribution in [-0.2, 0) is 20.0 Å². The second-order valence-electron chi connectivity index (χ2n) is 6.99. The van der Waals surface area contributed by atoms with E-state index in [2.05, 4.69) is 26.1 Å². The molecule has 0 spiro atoms. The number of carbonyl (C=O) groups excluding carboxylic acids is 1. The first-order chi connectivity index (χ1) is 10.7. The molecule has 1 aromatic carbocycles. The smallest absolute Gasteiger partial charge is 0.224 e. The lowest BCUT2D eigenvalue weighted by atomic mass is 9.86. The maximum atomic E-state index is 11.9. The van der Waals surface area contributed by atoms with Crippen molar-refractivity contribution in [1.29, 1.82) is 0 Å². The van der Waals surface area contributed by atoms with E-state index in [0.717, 1.165) is 11.3 Å². The molecule has 0 bridgehead atoms. The Hall–Kier alpha value is -1.56. The molecule has 1 aromatic rings. The van der Waals surface area contributed by atoms with Gasteiger partial charge in [0.2, 0.25) is 5.91 Å². The van der Waals surface area contributed by atoms with E-state index in [1.165, 1.54) is 0 Å². The van der Waals surface area contributed by atoms with Crippen molar-refractivity contribution in [2.75, 3.05) is 24.7 Å². The first-order valence-corrected chi connectivity index (χ1v) is 9.72. The van der Waals surface area contributed by atoms with Crippen LogP contribution in [0.5, 0.6) is 5.75 Å². The molecule has 1 atom stereocenters. The predicted molar refractivity (Wildman–Crippen MR) is 90.4 cm³/mol. The molecule has 1 unspecified atom stereocenters. The number of amides is 1. The number of rotatable bonds is 5. The van der Waals surface area contributed by atoms with Gasteiger partial charge in [0.1, 0.15) is 12.4 Å². The largest absolute Gasteiger partial charge is 0.491 e. The average Bonchev–Trinajstić information content (AvgIpc) is 2.83. The molecule has 1 aliphatic heterocycles. The predicted octanol–water partition coefficient (Wildman–Crippen LogP) is 1.91. The van der Waals surface area contributed by atoms with Crippen molar-refractivity contribution >= 4 is 15.7 Å². The number of para-hydroxylation sites is 1. The van der Waals surface area contributed by atoms with E-state index >= 15 is 0 Å². The monoisotopic (exact) mass is 339 g/mol. The van der Waals surface area contributed by atoms with Crippen LogP contribution in [0.2, 0.25) is 0 Å². The molecule has 0 aromatic heterocycles. The summed E-state index contributed by atoms with van der Waals surface area (Å²) in [5.74, 6) is 0.283. The summed E-state index contributed by atoms with van der Waals surface area (Å²) in [5, 5.41) is 2.76. The number of sulfone groups is 1. The van der Waals surface area contributed by atoms with Crippen molar-refractivity contribution in [2.45, 2.75) is 32.6 Å². The summed E-state index contributed by atoms with van der Waals surface area (Å²) in [6.45, 7) is 7.10. The zero-order valence-corrected chi connectivity index (χ0v) is 14.8. The lowest BCUT2D eigenvalue weighted by Crippen LogP contribution is -2.34. The topological polar surface area (TPSA) is 72.5 Å². The van der Waals surface area contributed by atoms with Gasteiger partial charge in [0.25, 0.3) is 0 Å². The molecular formula is C17H25NO4S. The van der Waals surface area contributed by atoms with Crippen molar-refractivity contribution < 1.29 is 17.9 Å². The number of nitrogens with one attached hydrogen (secondary N) is 1. The van der Waals surface area contributed by atoms with Gasteiger partial charge in [-0.2, -0.15) is 0 Å². The molecule has 1 aliphatic rings. The summed E-state index contributed by atoms with van der Waals surface area (Å²) in [7, 11) is -3.03. The molecule has 0 aliphatic carbocycles. The van der Waals surface area contributed by atoms with Crippen LogP contribution in [0, 0.1) is 5.92 Å². The third-order valence-corrected chi connectivity index (χ3v) is 5.73. The zero-order valence-electron chi connectivity index (χ0n) is 14.0. The number of benzene rings is 1. The molecule has 1 amide bonds. The van der Waals surface area contributed by atoms with Crippen LogP contribution in [0.15, 0.2) is 24.3 Å². The van der Waals surface area contributed by atoms with Gasteiger partial charge in [0, 0.05) is 0 Å². The molecule has 1 heterocycles. The fourth-order valence-corrected chi connectivity index (χ4v) is 4.43. The van der Waals surface area contributed by atoms with E-state index in [4.69, 9.17) is 4.74 Å². The molecule has 1 saturated heterocycles. The summed E-state index contributed by atoms with van der Waals surface area (Å²) in [6, 6.07) is 7.87. The van der Waals surface area contributed by atoms with Gasteiger partial charge in [-0.25, -0.2) is 8.42 Å². The zero-order chi connectivity index (χ0) is 17.1. The van der Waals surface area contributed by atoms with Crippen LogP contribution in [0.25, 0.3) is 0 Å². The molecule has 23 heavy (non-hydrogen) atoms. The summed E-state index contributed by atoms with van der Waals surface area (Å²) in [6.07, 6.45) is 0.419. The van der Waals surface area contributed by atoms with Crippen molar-refractivity contribution in [3.05, 3.63) is 29.8 Å². The lowest BCUT2D eigenvalue weighted by molar-refractivity contribution is -0.124. The molecule has 6 heteroatoms. The highest BCUT2D eigenvalue weighted by molar-refractivity contribution is 7.91. The summed E-state index contributed by atoms with van der Waals surface area (Å²) < 4.78 is 28.6. The first kappa shape index (κ1) is 17.8. The van der Waals surface area contributed by atoms with Gasteiger partial charge in [-0.05, 0) is 23.5 Å². The Kier molecular flexibility index (Phi) is 5.34. The molecule has 1 fully saturated rings. The fraction of sp³-hybridized carbons (Fsp3) is 0.588. The summed E-state index contributed by atoms with van der Waals surface area (Å²) in [4.78, 5) is 11.9. The van der Waals surface area contributed by atoms with Crippen LogP contribution < -0.4 is 10.1 Å².